The van der Waals surface area contributed by atoms with Crippen molar-refractivity contribution >= 4 is 5.82 Å². The largest absolute Gasteiger partial charge is 0.457 e. The SMILES string of the molecule is C=C/C=C(\C=C)Oc1cccc(Oc2cc(CN)cc(NCCOC)n2)c1. The van der Waals surface area contributed by atoms with Crippen molar-refractivity contribution in [3.8, 4) is 17.4 Å². The second-order valence-corrected chi connectivity index (χ2v) is 5.51. The van der Waals surface area contributed by atoms with Crippen LogP contribution in [0.4, 0.5) is 5.82 Å². The first kappa shape index (κ1) is 20.2. The van der Waals surface area contributed by atoms with Gasteiger partial charge in [0.05, 0.1) is 6.61 Å². The van der Waals surface area contributed by atoms with Gasteiger partial charge in [0.2, 0.25) is 5.88 Å². The number of methoxy groups -OCH3 is 1. The molecule has 2 aromatic rings. The van der Waals surface area contributed by atoms with Crippen LogP contribution in [0.1, 0.15) is 5.56 Å². The molecule has 1 aromatic heterocycles. The van der Waals surface area contributed by atoms with Crippen molar-refractivity contribution in [3.05, 3.63) is 79.1 Å². The fourth-order valence-corrected chi connectivity index (χ4v) is 2.22. The molecule has 27 heavy (non-hydrogen) atoms. The molecule has 0 saturated heterocycles. The zero-order chi connectivity index (χ0) is 19.5. The summed E-state index contributed by atoms with van der Waals surface area (Å²) in [7, 11) is 1.65. The third-order valence-corrected chi connectivity index (χ3v) is 3.46. The van der Waals surface area contributed by atoms with Crippen molar-refractivity contribution in [3.63, 3.8) is 0 Å². The smallest absolute Gasteiger partial charge is 0.221 e. The van der Waals surface area contributed by atoms with E-state index >= 15 is 0 Å². The Morgan fingerprint density at radius 2 is 2.04 bits per heavy atom. The standard InChI is InChI=1S/C21H25N3O3/c1-4-7-17(5-2)26-18-8-6-9-19(14-18)27-21-13-16(15-22)12-20(24-21)23-10-11-25-3/h4-9,12-14H,1-2,10-11,15,22H2,3H3,(H,23,24)/b17-7+. The van der Waals surface area contributed by atoms with Crippen LogP contribution >= 0.6 is 0 Å². The van der Waals surface area contributed by atoms with E-state index in [1.807, 2.05) is 30.3 Å². The molecule has 2 rings (SSSR count). The number of anilines is 1. The Hall–Kier alpha value is -3.09. The number of nitrogens with zero attached hydrogens (tertiary/aromatic N) is 1. The Morgan fingerprint density at radius 1 is 1.22 bits per heavy atom. The van der Waals surface area contributed by atoms with E-state index in [4.69, 9.17) is 19.9 Å². The molecular weight excluding hydrogens is 342 g/mol. The number of pyridine rings is 1. The first-order chi connectivity index (χ1) is 13.2. The van der Waals surface area contributed by atoms with Gasteiger partial charge in [-0.05, 0) is 35.9 Å². The number of nitrogens with two attached hydrogens (primary N) is 1. The molecule has 0 aliphatic heterocycles. The number of hydrogen-bond donors (Lipinski definition) is 2. The highest BCUT2D eigenvalue weighted by atomic mass is 16.5. The van der Waals surface area contributed by atoms with Crippen molar-refractivity contribution in [2.75, 3.05) is 25.6 Å². The molecule has 0 aliphatic carbocycles. The van der Waals surface area contributed by atoms with Gasteiger partial charge >= 0.3 is 0 Å². The first-order valence-corrected chi connectivity index (χ1v) is 8.53. The lowest BCUT2D eigenvalue weighted by atomic mass is 10.2. The van der Waals surface area contributed by atoms with Gasteiger partial charge in [-0.15, -0.1) is 0 Å². The highest BCUT2D eigenvalue weighted by Gasteiger charge is 2.06. The minimum atomic E-state index is 0.385. The van der Waals surface area contributed by atoms with Gasteiger partial charge in [-0.25, -0.2) is 0 Å². The van der Waals surface area contributed by atoms with Crippen LogP contribution in [0, 0.1) is 0 Å². The lowest BCUT2D eigenvalue weighted by molar-refractivity contribution is 0.210. The van der Waals surface area contributed by atoms with Gasteiger partial charge in [0.25, 0.3) is 0 Å². The summed E-state index contributed by atoms with van der Waals surface area (Å²) in [5.74, 6) is 2.93. The second kappa shape index (κ2) is 10.8. The van der Waals surface area contributed by atoms with E-state index in [-0.39, 0.29) is 0 Å². The van der Waals surface area contributed by atoms with Crippen LogP contribution in [-0.2, 0) is 11.3 Å². The van der Waals surface area contributed by atoms with Gasteiger partial charge in [-0.3, -0.25) is 0 Å². The molecule has 0 saturated carbocycles. The number of nitrogens with one attached hydrogen (secondary N) is 1. The van der Waals surface area contributed by atoms with Crippen molar-refractivity contribution in [1.29, 1.82) is 0 Å². The van der Waals surface area contributed by atoms with Crippen molar-refractivity contribution < 1.29 is 14.2 Å². The van der Waals surface area contributed by atoms with E-state index in [1.165, 1.54) is 0 Å². The zero-order valence-electron chi connectivity index (χ0n) is 15.5. The van der Waals surface area contributed by atoms with Gasteiger partial charge in [-0.1, -0.05) is 25.3 Å². The molecule has 6 heteroatoms. The topological polar surface area (TPSA) is 78.6 Å². The van der Waals surface area contributed by atoms with Crippen LogP contribution in [0.15, 0.2) is 73.5 Å². The van der Waals surface area contributed by atoms with E-state index in [0.29, 0.717) is 48.7 Å². The molecule has 0 fully saturated rings. The minimum Gasteiger partial charge on any atom is -0.457 e. The highest BCUT2D eigenvalue weighted by Crippen LogP contribution is 2.27. The average molecular weight is 367 g/mol. The number of allylic oxidation sites excluding steroid dienone is 3. The van der Waals surface area contributed by atoms with E-state index in [0.717, 1.165) is 5.56 Å². The quantitative estimate of drug-likeness (QED) is 0.355. The number of hydrogen-bond acceptors (Lipinski definition) is 6. The van der Waals surface area contributed by atoms with Crippen molar-refractivity contribution in [2.24, 2.45) is 5.73 Å². The number of aromatic nitrogens is 1. The summed E-state index contributed by atoms with van der Waals surface area (Å²) in [5, 5.41) is 3.18. The third kappa shape index (κ3) is 6.62. The molecule has 0 aliphatic rings. The Labute approximate surface area is 160 Å². The summed E-state index contributed by atoms with van der Waals surface area (Å²) in [5.41, 5.74) is 6.69. The summed E-state index contributed by atoms with van der Waals surface area (Å²) in [4.78, 5) is 4.46. The van der Waals surface area contributed by atoms with E-state index in [1.54, 1.807) is 31.4 Å². The van der Waals surface area contributed by atoms with Gasteiger partial charge in [0.15, 0.2) is 0 Å². The van der Waals surface area contributed by atoms with Gasteiger partial charge in [0.1, 0.15) is 23.1 Å². The van der Waals surface area contributed by atoms with Crippen LogP contribution < -0.4 is 20.5 Å². The molecule has 1 heterocycles. The molecular formula is C21H25N3O3. The molecule has 0 atom stereocenters. The molecule has 1 aromatic carbocycles. The predicted molar refractivity (Wildman–Crippen MR) is 108 cm³/mol. The first-order valence-electron chi connectivity index (χ1n) is 8.53. The van der Waals surface area contributed by atoms with E-state index in [9.17, 15) is 0 Å². The van der Waals surface area contributed by atoms with E-state index < -0.39 is 0 Å². The molecule has 3 N–H and O–H groups in total. The lowest BCUT2D eigenvalue weighted by Crippen LogP contribution is -2.10. The Kier molecular flexibility index (Phi) is 8.09. The summed E-state index contributed by atoms with van der Waals surface area (Å²) in [6.45, 7) is 8.97. The van der Waals surface area contributed by atoms with Crippen LogP contribution in [-0.4, -0.2) is 25.2 Å². The molecule has 0 radical (unpaired) electrons. The number of benzene rings is 1. The maximum Gasteiger partial charge on any atom is 0.221 e. The Balaban J connectivity index is 2.17. The second-order valence-electron chi connectivity index (χ2n) is 5.51. The predicted octanol–water partition coefficient (Wildman–Crippen LogP) is 4.03. The number of rotatable bonds is 11. The minimum absolute atomic E-state index is 0.385. The maximum atomic E-state index is 5.90. The number of ether oxygens (including phenoxy) is 3. The van der Waals surface area contributed by atoms with Crippen molar-refractivity contribution in [1.82, 2.24) is 4.98 Å². The van der Waals surface area contributed by atoms with Crippen molar-refractivity contribution in [2.45, 2.75) is 6.54 Å². The fourth-order valence-electron chi connectivity index (χ4n) is 2.22. The van der Waals surface area contributed by atoms with E-state index in [2.05, 4.69) is 23.5 Å². The summed E-state index contributed by atoms with van der Waals surface area (Å²) in [6.07, 6.45) is 4.97. The summed E-state index contributed by atoms with van der Waals surface area (Å²) in [6, 6.07) is 11.0. The van der Waals surface area contributed by atoms with Gasteiger partial charge in [-0.2, -0.15) is 4.98 Å². The zero-order valence-corrected chi connectivity index (χ0v) is 15.5. The van der Waals surface area contributed by atoms with Crippen LogP contribution in [0.5, 0.6) is 17.4 Å². The maximum absolute atomic E-state index is 5.90. The Bertz CT molecular complexity index is 803. The summed E-state index contributed by atoms with van der Waals surface area (Å²) >= 11 is 0. The van der Waals surface area contributed by atoms with Crippen LogP contribution in [0.2, 0.25) is 0 Å². The van der Waals surface area contributed by atoms with Crippen LogP contribution in [0.3, 0.4) is 0 Å². The lowest BCUT2D eigenvalue weighted by Gasteiger charge is -2.12. The molecule has 0 spiro atoms. The Morgan fingerprint density at radius 3 is 2.74 bits per heavy atom. The molecule has 0 unspecified atom stereocenters. The normalized spacial score (nSPS) is 11.0. The highest BCUT2D eigenvalue weighted by molar-refractivity contribution is 5.43. The molecule has 142 valence electrons. The van der Waals surface area contributed by atoms with Crippen LogP contribution in [0.25, 0.3) is 0 Å². The molecule has 0 amide bonds. The summed E-state index contributed by atoms with van der Waals surface area (Å²) < 4.78 is 16.7. The van der Waals surface area contributed by atoms with Gasteiger partial charge < -0.3 is 25.3 Å². The third-order valence-electron chi connectivity index (χ3n) is 3.46. The molecule has 0 bridgehead atoms. The molecule has 6 nitrogen and oxygen atoms in total. The average Bonchev–Trinajstić information content (AvgIpc) is 2.68. The van der Waals surface area contributed by atoms with Gasteiger partial charge in [0, 0.05) is 32.3 Å². The fraction of sp³-hybridized carbons (Fsp3) is 0.190. The monoisotopic (exact) mass is 367 g/mol.